The van der Waals surface area contributed by atoms with Crippen LogP contribution in [-0.4, -0.2) is 27.0 Å². The fourth-order valence-corrected chi connectivity index (χ4v) is 4.13. The number of benzene rings is 1. The highest BCUT2D eigenvalue weighted by Crippen LogP contribution is 2.30. The summed E-state index contributed by atoms with van der Waals surface area (Å²) in [4.78, 5) is 12.2. The molecule has 1 amide bonds. The molecule has 1 saturated heterocycles. The Bertz CT molecular complexity index is 817. The largest absolute Gasteiger partial charge is 0.374 e. The molecule has 2 unspecified atom stereocenters. The second kappa shape index (κ2) is 6.28. The van der Waals surface area contributed by atoms with Crippen molar-refractivity contribution in [1.82, 2.24) is 4.72 Å². The second-order valence-electron chi connectivity index (χ2n) is 5.27. The zero-order valence-electron chi connectivity index (χ0n) is 11.8. The van der Waals surface area contributed by atoms with Crippen molar-refractivity contribution in [2.75, 3.05) is 6.61 Å². The van der Waals surface area contributed by atoms with Gasteiger partial charge in [0.15, 0.2) is 0 Å². The minimum Gasteiger partial charge on any atom is -0.374 e. The van der Waals surface area contributed by atoms with E-state index < -0.39 is 15.9 Å². The summed E-state index contributed by atoms with van der Waals surface area (Å²) in [5.74, 6) is -0.786. The van der Waals surface area contributed by atoms with Crippen molar-refractivity contribution >= 4 is 39.1 Å². The smallest absolute Gasteiger partial charge is 0.266 e. The van der Waals surface area contributed by atoms with Gasteiger partial charge in [0, 0.05) is 17.5 Å². The molecule has 122 valence electrons. The normalized spacial score (nSPS) is 23.3. The predicted molar refractivity (Wildman–Crippen MR) is 87.9 cm³/mol. The summed E-state index contributed by atoms with van der Waals surface area (Å²) >= 11 is 11.7. The molecule has 1 aromatic rings. The molecule has 1 N–H and O–H groups in total. The molecular weight excluding hydrogens is 361 g/mol. The van der Waals surface area contributed by atoms with Gasteiger partial charge in [-0.25, -0.2) is 13.1 Å². The number of carbonyl (C=O) groups excluding carboxylic acids is 1. The maximum absolute atomic E-state index is 12.4. The van der Waals surface area contributed by atoms with Gasteiger partial charge in [0.2, 0.25) is 0 Å². The standard InChI is InChI=1S/C15H13Cl2NO4S/c16-10-1-3-12(13(17)8-10)15(19)18-23(20,21)11-2-4-14-9(7-11)5-6-22-14/h1-4,7-9,14H,5-6H2,(H,18,19). The van der Waals surface area contributed by atoms with Crippen molar-refractivity contribution in [3.63, 3.8) is 0 Å². The Morgan fingerprint density at radius 1 is 1.30 bits per heavy atom. The van der Waals surface area contributed by atoms with Crippen LogP contribution in [0.1, 0.15) is 16.8 Å². The number of carbonyl (C=O) groups is 1. The summed E-state index contributed by atoms with van der Waals surface area (Å²) in [5.41, 5.74) is 0.0436. The molecule has 0 radical (unpaired) electrons. The van der Waals surface area contributed by atoms with Crippen LogP contribution in [0.2, 0.25) is 10.0 Å². The van der Waals surface area contributed by atoms with E-state index in [1.807, 2.05) is 4.72 Å². The summed E-state index contributed by atoms with van der Waals surface area (Å²) in [5, 5.41) is 0.447. The lowest BCUT2D eigenvalue weighted by Crippen LogP contribution is -2.32. The number of sulfonamides is 1. The van der Waals surface area contributed by atoms with Crippen LogP contribution >= 0.6 is 23.2 Å². The fraction of sp³-hybridized carbons (Fsp3) is 0.267. The lowest BCUT2D eigenvalue weighted by molar-refractivity contribution is 0.0982. The molecule has 1 aromatic carbocycles. The molecule has 3 rings (SSSR count). The SMILES string of the molecule is O=C(NS(=O)(=O)C1=CC2CCOC2C=C1)c1ccc(Cl)cc1Cl. The van der Waals surface area contributed by atoms with Crippen molar-refractivity contribution in [3.05, 3.63) is 56.9 Å². The number of nitrogens with one attached hydrogen (secondary N) is 1. The average Bonchev–Trinajstić information content (AvgIpc) is 2.93. The molecule has 1 aliphatic carbocycles. The van der Waals surface area contributed by atoms with Crippen LogP contribution in [0.5, 0.6) is 0 Å². The minimum absolute atomic E-state index is 0.0146. The molecule has 0 spiro atoms. The lowest BCUT2D eigenvalue weighted by Gasteiger charge is -2.18. The van der Waals surface area contributed by atoms with Gasteiger partial charge in [0.05, 0.1) is 21.6 Å². The van der Waals surface area contributed by atoms with E-state index in [9.17, 15) is 13.2 Å². The van der Waals surface area contributed by atoms with E-state index in [2.05, 4.69) is 0 Å². The number of fused-ring (bicyclic) bond motifs is 1. The first-order valence-corrected chi connectivity index (χ1v) is 9.14. The molecule has 0 saturated carbocycles. The Kier molecular flexibility index (Phi) is 4.51. The highest BCUT2D eigenvalue weighted by molar-refractivity contribution is 7.94. The lowest BCUT2D eigenvalue weighted by atomic mass is 9.97. The van der Waals surface area contributed by atoms with Gasteiger partial charge in [0.1, 0.15) is 0 Å². The Balaban J connectivity index is 1.81. The van der Waals surface area contributed by atoms with Gasteiger partial charge < -0.3 is 4.74 Å². The molecule has 2 atom stereocenters. The second-order valence-corrected chi connectivity index (χ2v) is 7.80. The van der Waals surface area contributed by atoms with Crippen molar-refractivity contribution < 1.29 is 17.9 Å². The van der Waals surface area contributed by atoms with Crippen LogP contribution < -0.4 is 4.72 Å². The van der Waals surface area contributed by atoms with E-state index >= 15 is 0 Å². The first-order chi connectivity index (χ1) is 10.9. The number of hydrogen-bond donors (Lipinski definition) is 1. The molecule has 8 heteroatoms. The third-order valence-corrected chi connectivity index (χ3v) is 5.62. The highest BCUT2D eigenvalue weighted by Gasteiger charge is 2.31. The monoisotopic (exact) mass is 373 g/mol. The molecular formula is C15H13Cl2NO4S. The van der Waals surface area contributed by atoms with E-state index in [0.717, 1.165) is 6.42 Å². The van der Waals surface area contributed by atoms with Gasteiger partial charge in [0.25, 0.3) is 15.9 Å². The summed E-state index contributed by atoms with van der Waals surface area (Å²) in [6.07, 6.45) is 5.44. The summed E-state index contributed by atoms with van der Waals surface area (Å²) in [6.45, 7) is 0.593. The molecule has 0 aromatic heterocycles. The molecule has 23 heavy (non-hydrogen) atoms. The Labute approximate surface area is 144 Å². The van der Waals surface area contributed by atoms with E-state index in [0.29, 0.717) is 11.6 Å². The molecule has 1 fully saturated rings. The van der Waals surface area contributed by atoms with Crippen LogP contribution in [0.3, 0.4) is 0 Å². The van der Waals surface area contributed by atoms with Gasteiger partial charge in [-0.2, -0.15) is 0 Å². The molecule has 5 nitrogen and oxygen atoms in total. The fourth-order valence-electron chi connectivity index (χ4n) is 2.55. The maximum Gasteiger partial charge on any atom is 0.266 e. The van der Waals surface area contributed by atoms with Crippen LogP contribution in [0.4, 0.5) is 0 Å². The van der Waals surface area contributed by atoms with E-state index in [4.69, 9.17) is 27.9 Å². The van der Waals surface area contributed by atoms with E-state index in [1.165, 1.54) is 24.3 Å². The Morgan fingerprint density at radius 3 is 2.83 bits per heavy atom. The first kappa shape index (κ1) is 16.5. The Hall–Kier alpha value is -1.34. The average molecular weight is 374 g/mol. The van der Waals surface area contributed by atoms with Crippen molar-refractivity contribution in [2.24, 2.45) is 5.92 Å². The van der Waals surface area contributed by atoms with Crippen LogP contribution in [-0.2, 0) is 14.8 Å². The molecule has 2 aliphatic rings. The quantitative estimate of drug-likeness (QED) is 0.883. The summed E-state index contributed by atoms with van der Waals surface area (Å²) < 4.78 is 32.2. The highest BCUT2D eigenvalue weighted by atomic mass is 35.5. The zero-order valence-corrected chi connectivity index (χ0v) is 14.2. The van der Waals surface area contributed by atoms with Crippen LogP contribution in [0, 0.1) is 5.92 Å². The van der Waals surface area contributed by atoms with Gasteiger partial charge >= 0.3 is 0 Å². The molecule has 1 aliphatic heterocycles. The summed E-state index contributed by atoms with van der Waals surface area (Å²) in [6, 6.07) is 4.22. The number of allylic oxidation sites excluding steroid dienone is 1. The van der Waals surface area contributed by atoms with Gasteiger partial charge in [-0.05, 0) is 30.7 Å². The third kappa shape index (κ3) is 3.45. The number of amides is 1. The van der Waals surface area contributed by atoms with Crippen LogP contribution in [0.15, 0.2) is 41.3 Å². The Morgan fingerprint density at radius 2 is 2.09 bits per heavy atom. The zero-order chi connectivity index (χ0) is 16.6. The van der Waals surface area contributed by atoms with Gasteiger partial charge in [-0.15, -0.1) is 0 Å². The number of rotatable bonds is 3. The summed E-state index contributed by atoms with van der Waals surface area (Å²) in [7, 11) is -3.97. The number of halogens is 2. The maximum atomic E-state index is 12.4. The van der Waals surface area contributed by atoms with Crippen molar-refractivity contribution in [1.29, 1.82) is 0 Å². The van der Waals surface area contributed by atoms with Crippen molar-refractivity contribution in [2.45, 2.75) is 12.5 Å². The first-order valence-electron chi connectivity index (χ1n) is 6.91. The molecule has 1 heterocycles. The topological polar surface area (TPSA) is 72.5 Å². The van der Waals surface area contributed by atoms with Gasteiger partial charge in [-0.1, -0.05) is 35.4 Å². The number of ether oxygens (including phenoxy) is 1. The van der Waals surface area contributed by atoms with E-state index in [1.54, 1.807) is 12.2 Å². The molecule has 0 bridgehead atoms. The predicted octanol–water partition coefficient (Wildman–Crippen LogP) is 2.91. The third-order valence-electron chi connectivity index (χ3n) is 3.73. The van der Waals surface area contributed by atoms with Gasteiger partial charge in [-0.3, -0.25) is 4.79 Å². The van der Waals surface area contributed by atoms with Crippen molar-refractivity contribution in [3.8, 4) is 0 Å². The van der Waals surface area contributed by atoms with Crippen LogP contribution in [0.25, 0.3) is 0 Å². The number of hydrogen-bond acceptors (Lipinski definition) is 4. The van der Waals surface area contributed by atoms with E-state index in [-0.39, 0.29) is 27.5 Å². The minimum atomic E-state index is -3.97.